The minimum absolute atomic E-state index is 0.216. The minimum atomic E-state index is -1.22. The van der Waals surface area contributed by atoms with E-state index in [1.807, 2.05) is 32.0 Å². The summed E-state index contributed by atoms with van der Waals surface area (Å²) in [6, 6.07) is 4.19. The van der Waals surface area contributed by atoms with Crippen LogP contribution in [0.1, 0.15) is 37.3 Å². The number of carbonyl (C=O) groups excluding carboxylic acids is 3. The van der Waals surface area contributed by atoms with Gasteiger partial charge in [-0.1, -0.05) is 40.2 Å². The number of esters is 1. The number of aryl methyl sites for hydroxylation is 2. The molecule has 4 rings (SSSR count). The number of amides is 2. The van der Waals surface area contributed by atoms with Crippen molar-refractivity contribution in [1.29, 1.82) is 0 Å². The SMILES string of the molecule is C=CCCCOC(=O)[C@H]1[C@@H]2OC3(CC2Br)C(C(=O)N(CC=C)c2cc(C)ccc2C)N([C@H](C)CO)C(=O)[C@H]13. The van der Waals surface area contributed by atoms with Crippen LogP contribution in [-0.4, -0.2) is 76.2 Å². The maximum Gasteiger partial charge on any atom is 0.312 e. The number of carbonyl (C=O) groups is 3. The summed E-state index contributed by atoms with van der Waals surface area (Å²) in [4.78, 5) is 44.7. The first kappa shape index (κ1) is 28.5. The molecular formula is C29H37BrN2O6. The van der Waals surface area contributed by atoms with Crippen molar-refractivity contribution in [1.82, 2.24) is 4.90 Å². The maximum atomic E-state index is 14.5. The predicted molar refractivity (Wildman–Crippen MR) is 148 cm³/mol. The molecule has 7 atom stereocenters. The molecule has 0 radical (unpaired) electrons. The first-order chi connectivity index (χ1) is 18.1. The van der Waals surface area contributed by atoms with Gasteiger partial charge in [0.2, 0.25) is 5.91 Å². The summed E-state index contributed by atoms with van der Waals surface area (Å²) in [7, 11) is 0. The zero-order valence-electron chi connectivity index (χ0n) is 22.3. The Hall–Kier alpha value is -2.49. The lowest BCUT2D eigenvalue weighted by Gasteiger charge is -2.39. The maximum absolute atomic E-state index is 14.5. The number of likely N-dealkylation sites (tertiary alicyclic amines) is 1. The van der Waals surface area contributed by atoms with Gasteiger partial charge in [-0.05, 0) is 57.2 Å². The van der Waals surface area contributed by atoms with Gasteiger partial charge in [0.15, 0.2) is 0 Å². The first-order valence-electron chi connectivity index (χ1n) is 13.1. The van der Waals surface area contributed by atoms with E-state index in [4.69, 9.17) is 9.47 Å². The lowest BCUT2D eigenvalue weighted by atomic mass is 9.70. The van der Waals surface area contributed by atoms with Crippen LogP contribution in [0.4, 0.5) is 5.69 Å². The van der Waals surface area contributed by atoms with Gasteiger partial charge in [-0.15, -0.1) is 13.2 Å². The van der Waals surface area contributed by atoms with Crippen LogP contribution in [0.15, 0.2) is 43.5 Å². The van der Waals surface area contributed by atoms with E-state index in [0.29, 0.717) is 19.3 Å². The number of hydrogen-bond donors (Lipinski definition) is 1. The third kappa shape index (κ3) is 4.62. The van der Waals surface area contributed by atoms with Crippen molar-refractivity contribution >= 4 is 39.4 Å². The lowest BCUT2D eigenvalue weighted by molar-refractivity contribution is -0.155. The van der Waals surface area contributed by atoms with Crippen LogP contribution in [-0.2, 0) is 23.9 Å². The molecule has 3 aliphatic rings. The summed E-state index contributed by atoms with van der Waals surface area (Å²) in [5.74, 6) is -2.90. The Morgan fingerprint density at radius 2 is 2.08 bits per heavy atom. The van der Waals surface area contributed by atoms with Crippen LogP contribution in [0.2, 0.25) is 0 Å². The van der Waals surface area contributed by atoms with Crippen molar-refractivity contribution < 1.29 is 29.0 Å². The van der Waals surface area contributed by atoms with E-state index in [0.717, 1.165) is 16.8 Å². The average Bonchev–Trinajstić information content (AvgIpc) is 3.49. The molecule has 1 N–H and O–H groups in total. The van der Waals surface area contributed by atoms with E-state index >= 15 is 0 Å². The summed E-state index contributed by atoms with van der Waals surface area (Å²) in [5, 5.41) is 10.1. The van der Waals surface area contributed by atoms with Gasteiger partial charge >= 0.3 is 5.97 Å². The molecule has 3 aliphatic heterocycles. The van der Waals surface area contributed by atoms with Crippen molar-refractivity contribution in [3.63, 3.8) is 0 Å². The van der Waals surface area contributed by atoms with Crippen molar-refractivity contribution in [2.75, 3.05) is 24.7 Å². The van der Waals surface area contributed by atoms with Crippen molar-refractivity contribution in [3.05, 3.63) is 54.6 Å². The first-order valence-corrected chi connectivity index (χ1v) is 14.1. The standard InChI is InChI=1S/C29H37BrN2O6/c1-6-8-9-13-37-28(36)22-23-26(34)32(19(5)16-33)25(29(23)15-20(30)24(22)38-29)27(35)31(12-7-2)21-14-17(3)10-11-18(21)4/h6-7,10-11,14,19-20,22-25,33H,1-2,8-9,12-13,15-16H2,3-5H3/t19-,20?,22-,23+,24-,25?,29?/m1/s1. The fourth-order valence-corrected chi connectivity index (χ4v) is 7.21. The summed E-state index contributed by atoms with van der Waals surface area (Å²) >= 11 is 3.67. The topological polar surface area (TPSA) is 96.4 Å². The number of aliphatic hydroxyl groups is 1. The number of anilines is 1. The van der Waals surface area contributed by atoms with Crippen molar-refractivity contribution in [2.24, 2.45) is 11.8 Å². The second kappa shape index (κ2) is 11.3. The molecule has 3 saturated heterocycles. The zero-order valence-corrected chi connectivity index (χ0v) is 23.9. The number of rotatable bonds is 11. The number of ether oxygens (including phenoxy) is 2. The third-order valence-electron chi connectivity index (χ3n) is 8.00. The van der Waals surface area contributed by atoms with Crippen LogP contribution in [0.25, 0.3) is 0 Å². The highest BCUT2D eigenvalue weighted by molar-refractivity contribution is 9.09. The second-order valence-electron chi connectivity index (χ2n) is 10.6. The highest BCUT2D eigenvalue weighted by Crippen LogP contribution is 2.60. The number of allylic oxidation sites excluding steroid dienone is 1. The molecule has 3 unspecified atom stereocenters. The molecule has 9 heteroatoms. The fraction of sp³-hybridized carbons (Fsp3) is 0.552. The van der Waals surface area contributed by atoms with Gasteiger partial charge in [-0.3, -0.25) is 14.4 Å². The second-order valence-corrected chi connectivity index (χ2v) is 11.7. The number of alkyl halides is 1. The summed E-state index contributed by atoms with van der Waals surface area (Å²) in [5.41, 5.74) is 1.39. The zero-order chi connectivity index (χ0) is 27.8. The molecule has 2 amide bonds. The molecule has 38 heavy (non-hydrogen) atoms. The number of nitrogens with zero attached hydrogens (tertiary/aromatic N) is 2. The van der Waals surface area contributed by atoms with Gasteiger partial charge in [-0.2, -0.15) is 0 Å². The van der Waals surface area contributed by atoms with Gasteiger partial charge in [0.05, 0.1) is 37.2 Å². The number of hydrogen-bond acceptors (Lipinski definition) is 6. The molecule has 1 spiro atoms. The Bertz CT molecular complexity index is 1120. The molecule has 206 valence electrons. The highest BCUT2D eigenvalue weighted by Gasteiger charge is 2.77. The quantitative estimate of drug-likeness (QED) is 0.184. The van der Waals surface area contributed by atoms with E-state index in [1.165, 1.54) is 4.90 Å². The van der Waals surface area contributed by atoms with E-state index in [-0.39, 0.29) is 36.4 Å². The Kier molecular flexibility index (Phi) is 8.49. The fourth-order valence-electron chi connectivity index (χ4n) is 6.27. The Morgan fingerprint density at radius 1 is 1.34 bits per heavy atom. The van der Waals surface area contributed by atoms with Gasteiger partial charge in [0.1, 0.15) is 11.6 Å². The molecule has 2 bridgehead atoms. The van der Waals surface area contributed by atoms with Gasteiger partial charge < -0.3 is 24.4 Å². The van der Waals surface area contributed by atoms with Crippen molar-refractivity contribution in [2.45, 2.75) is 68.6 Å². The summed E-state index contributed by atoms with van der Waals surface area (Å²) in [6.45, 7) is 13.2. The van der Waals surface area contributed by atoms with Gasteiger partial charge in [0, 0.05) is 17.1 Å². The molecule has 8 nitrogen and oxygen atoms in total. The molecular weight excluding hydrogens is 552 g/mol. The van der Waals surface area contributed by atoms with Gasteiger partial charge in [0.25, 0.3) is 5.91 Å². The number of aliphatic hydroxyl groups excluding tert-OH is 1. The number of fused-ring (bicyclic) bond motifs is 1. The van der Waals surface area contributed by atoms with Gasteiger partial charge in [-0.25, -0.2) is 0 Å². The molecule has 3 fully saturated rings. The Labute approximate surface area is 232 Å². The normalized spacial score (nSPS) is 30.2. The van der Waals surface area contributed by atoms with E-state index in [9.17, 15) is 19.5 Å². The Balaban J connectivity index is 1.77. The van der Waals surface area contributed by atoms with E-state index in [2.05, 4.69) is 29.1 Å². The monoisotopic (exact) mass is 588 g/mol. The lowest BCUT2D eigenvalue weighted by Crippen LogP contribution is -2.59. The predicted octanol–water partition coefficient (Wildman–Crippen LogP) is 3.46. The molecule has 1 aromatic carbocycles. The van der Waals surface area contributed by atoms with Crippen LogP contribution < -0.4 is 4.90 Å². The number of benzene rings is 1. The summed E-state index contributed by atoms with van der Waals surface area (Å²) < 4.78 is 12.1. The molecule has 0 aromatic heterocycles. The van der Waals surface area contributed by atoms with E-state index < -0.39 is 41.6 Å². The minimum Gasteiger partial charge on any atom is -0.465 e. The Morgan fingerprint density at radius 3 is 2.74 bits per heavy atom. The van der Waals surface area contributed by atoms with E-state index in [1.54, 1.807) is 24.0 Å². The molecule has 3 heterocycles. The molecule has 0 aliphatic carbocycles. The van der Waals surface area contributed by atoms with Crippen LogP contribution >= 0.6 is 15.9 Å². The average molecular weight is 590 g/mol. The number of halogens is 1. The van der Waals surface area contributed by atoms with Crippen molar-refractivity contribution in [3.8, 4) is 0 Å². The van der Waals surface area contributed by atoms with Crippen LogP contribution in [0.5, 0.6) is 0 Å². The smallest absolute Gasteiger partial charge is 0.312 e. The summed E-state index contributed by atoms with van der Waals surface area (Å²) in [6.07, 6.45) is 4.54. The molecule has 0 saturated carbocycles. The number of unbranched alkanes of at least 4 members (excludes halogenated alkanes) is 1. The van der Waals surface area contributed by atoms with Crippen LogP contribution in [0.3, 0.4) is 0 Å². The highest BCUT2D eigenvalue weighted by atomic mass is 79.9. The van der Waals surface area contributed by atoms with Crippen LogP contribution in [0, 0.1) is 25.7 Å². The largest absolute Gasteiger partial charge is 0.465 e. The molecule has 1 aromatic rings. The third-order valence-corrected chi connectivity index (χ3v) is 8.85.